The molecule has 7 nitrogen and oxygen atoms in total. The van der Waals surface area contributed by atoms with Crippen LogP contribution in [0.3, 0.4) is 0 Å². The van der Waals surface area contributed by atoms with E-state index in [0.29, 0.717) is 0 Å². The van der Waals surface area contributed by atoms with Crippen molar-refractivity contribution in [3.63, 3.8) is 0 Å². The molecule has 0 saturated carbocycles. The molecule has 1 saturated heterocycles. The van der Waals surface area contributed by atoms with E-state index in [0.717, 1.165) is 53.8 Å². The Labute approximate surface area is 151 Å². The highest BCUT2D eigenvalue weighted by molar-refractivity contribution is 7.18. The van der Waals surface area contributed by atoms with E-state index >= 15 is 0 Å². The molecular formula is C17H21N7S. The average molecular weight is 355 g/mol. The molecule has 1 aliphatic heterocycles. The van der Waals surface area contributed by atoms with Crippen LogP contribution in [0.1, 0.15) is 4.88 Å². The van der Waals surface area contributed by atoms with Crippen LogP contribution in [0.25, 0.3) is 10.2 Å². The molecule has 130 valence electrons. The number of thiophene rings is 1. The maximum absolute atomic E-state index is 4.55. The lowest BCUT2D eigenvalue weighted by atomic mass is 10.2. The molecule has 4 heterocycles. The first-order valence-electron chi connectivity index (χ1n) is 8.33. The van der Waals surface area contributed by atoms with Gasteiger partial charge in [0, 0.05) is 57.5 Å². The number of rotatable bonds is 3. The van der Waals surface area contributed by atoms with E-state index < -0.39 is 0 Å². The largest absolute Gasteiger partial charge is 0.360 e. The quantitative estimate of drug-likeness (QED) is 0.713. The Bertz CT molecular complexity index is 884. The molecule has 3 aromatic heterocycles. The predicted octanol–water partition coefficient (Wildman–Crippen LogP) is 2.18. The van der Waals surface area contributed by atoms with Crippen LogP contribution in [-0.2, 0) is 0 Å². The minimum Gasteiger partial charge on any atom is -0.360 e. The second kappa shape index (κ2) is 6.44. The Morgan fingerprint density at radius 3 is 2.32 bits per heavy atom. The predicted molar refractivity (Wildman–Crippen MR) is 103 cm³/mol. The summed E-state index contributed by atoms with van der Waals surface area (Å²) in [6, 6.07) is 2.19. The highest BCUT2D eigenvalue weighted by Gasteiger charge is 2.23. The van der Waals surface area contributed by atoms with Gasteiger partial charge in [-0.1, -0.05) is 0 Å². The molecule has 25 heavy (non-hydrogen) atoms. The number of aromatic nitrogens is 4. The third-order valence-corrected chi connectivity index (χ3v) is 5.35. The Morgan fingerprint density at radius 1 is 0.920 bits per heavy atom. The van der Waals surface area contributed by atoms with Gasteiger partial charge >= 0.3 is 0 Å². The van der Waals surface area contributed by atoms with Crippen LogP contribution in [0.4, 0.5) is 17.5 Å². The number of aryl methyl sites for hydroxylation is 1. The number of hydrogen-bond acceptors (Lipinski definition) is 8. The van der Waals surface area contributed by atoms with Crippen molar-refractivity contribution < 1.29 is 0 Å². The zero-order valence-corrected chi connectivity index (χ0v) is 15.5. The fraction of sp³-hybridized carbons (Fsp3) is 0.412. The van der Waals surface area contributed by atoms with Crippen molar-refractivity contribution in [2.75, 3.05) is 55.0 Å². The highest BCUT2D eigenvalue weighted by Crippen LogP contribution is 2.31. The molecule has 4 rings (SSSR count). The molecule has 0 spiro atoms. The fourth-order valence-electron chi connectivity index (χ4n) is 3.21. The number of fused-ring (bicyclic) bond motifs is 1. The van der Waals surface area contributed by atoms with Crippen molar-refractivity contribution in [1.29, 1.82) is 0 Å². The lowest BCUT2D eigenvalue weighted by Gasteiger charge is -2.37. The molecule has 1 aliphatic rings. The van der Waals surface area contributed by atoms with Gasteiger partial charge in [-0.05, 0) is 13.0 Å². The minimum atomic E-state index is 0.897. The van der Waals surface area contributed by atoms with Gasteiger partial charge in [0.05, 0.1) is 5.39 Å². The zero-order valence-electron chi connectivity index (χ0n) is 14.7. The normalized spacial score (nSPS) is 15.0. The molecule has 3 aromatic rings. The Morgan fingerprint density at radius 2 is 1.60 bits per heavy atom. The molecule has 0 unspecified atom stereocenters. The topological polar surface area (TPSA) is 61.3 Å². The second-order valence-corrected chi connectivity index (χ2v) is 7.58. The monoisotopic (exact) mass is 355 g/mol. The van der Waals surface area contributed by atoms with Gasteiger partial charge < -0.3 is 14.7 Å². The Kier molecular flexibility index (Phi) is 4.12. The molecule has 0 radical (unpaired) electrons. The van der Waals surface area contributed by atoms with E-state index in [1.54, 1.807) is 30.1 Å². The lowest BCUT2D eigenvalue weighted by Crippen LogP contribution is -2.47. The maximum Gasteiger partial charge on any atom is 0.172 e. The summed E-state index contributed by atoms with van der Waals surface area (Å²) in [4.78, 5) is 27.0. The Hall–Kier alpha value is -2.48. The summed E-state index contributed by atoms with van der Waals surface area (Å²) in [6.45, 7) is 5.72. The SMILES string of the molecule is Cc1cc2c(N3CCN(c4nccnc4N(C)C)CC3)ncnc2s1. The summed E-state index contributed by atoms with van der Waals surface area (Å²) in [7, 11) is 4.00. The molecular weight excluding hydrogens is 334 g/mol. The standard InChI is InChI=1S/C17H21N7S/c1-12-10-13-14(20-11-21-17(13)25-12)23-6-8-24(9-7-23)16-15(22(2)3)18-4-5-19-16/h4-5,10-11H,6-9H2,1-3H3. The van der Waals surface area contributed by atoms with Gasteiger partial charge in [0.25, 0.3) is 0 Å². The summed E-state index contributed by atoms with van der Waals surface area (Å²) in [5.74, 6) is 2.90. The first kappa shape index (κ1) is 16.0. The van der Waals surface area contributed by atoms with E-state index in [-0.39, 0.29) is 0 Å². The second-order valence-electron chi connectivity index (χ2n) is 6.35. The van der Waals surface area contributed by atoms with Crippen LogP contribution in [0.15, 0.2) is 24.8 Å². The van der Waals surface area contributed by atoms with E-state index in [1.165, 1.54) is 4.88 Å². The summed E-state index contributed by atoms with van der Waals surface area (Å²) < 4.78 is 0. The van der Waals surface area contributed by atoms with Crippen molar-refractivity contribution in [3.8, 4) is 0 Å². The fourth-order valence-corrected chi connectivity index (χ4v) is 4.05. The van der Waals surface area contributed by atoms with Crippen LogP contribution < -0.4 is 14.7 Å². The molecule has 0 bridgehead atoms. The zero-order chi connectivity index (χ0) is 17.4. The molecule has 0 aromatic carbocycles. The van der Waals surface area contributed by atoms with Crippen molar-refractivity contribution in [3.05, 3.63) is 29.7 Å². The van der Waals surface area contributed by atoms with Gasteiger partial charge in [-0.3, -0.25) is 0 Å². The Balaban J connectivity index is 1.56. The van der Waals surface area contributed by atoms with E-state index in [4.69, 9.17) is 0 Å². The van der Waals surface area contributed by atoms with Gasteiger partial charge in [0.2, 0.25) is 0 Å². The van der Waals surface area contributed by atoms with Gasteiger partial charge in [0.15, 0.2) is 11.6 Å². The van der Waals surface area contributed by atoms with Crippen LogP contribution in [0, 0.1) is 6.92 Å². The summed E-state index contributed by atoms with van der Waals surface area (Å²) in [5, 5.41) is 1.16. The molecule has 0 atom stereocenters. The molecule has 8 heteroatoms. The molecule has 0 amide bonds. The summed E-state index contributed by atoms with van der Waals surface area (Å²) in [5.41, 5.74) is 0. The third kappa shape index (κ3) is 2.97. The summed E-state index contributed by atoms with van der Waals surface area (Å²) >= 11 is 1.72. The third-order valence-electron chi connectivity index (χ3n) is 4.39. The van der Waals surface area contributed by atoms with E-state index in [1.807, 2.05) is 19.0 Å². The van der Waals surface area contributed by atoms with Crippen molar-refractivity contribution >= 4 is 39.0 Å². The lowest BCUT2D eigenvalue weighted by molar-refractivity contribution is 0.641. The van der Waals surface area contributed by atoms with Crippen LogP contribution in [0.2, 0.25) is 0 Å². The smallest absolute Gasteiger partial charge is 0.172 e. The van der Waals surface area contributed by atoms with Gasteiger partial charge in [-0.15, -0.1) is 11.3 Å². The van der Waals surface area contributed by atoms with E-state index in [2.05, 4.69) is 42.7 Å². The molecule has 1 fully saturated rings. The van der Waals surface area contributed by atoms with E-state index in [9.17, 15) is 0 Å². The first-order chi connectivity index (χ1) is 12.1. The number of nitrogens with zero attached hydrogens (tertiary/aromatic N) is 7. The maximum atomic E-state index is 4.55. The number of piperazine rings is 1. The number of anilines is 3. The average Bonchev–Trinajstić information content (AvgIpc) is 3.02. The van der Waals surface area contributed by atoms with Crippen molar-refractivity contribution in [1.82, 2.24) is 19.9 Å². The van der Waals surface area contributed by atoms with Gasteiger partial charge in [0.1, 0.15) is 17.0 Å². The van der Waals surface area contributed by atoms with Crippen molar-refractivity contribution in [2.24, 2.45) is 0 Å². The molecule has 0 N–H and O–H groups in total. The first-order valence-corrected chi connectivity index (χ1v) is 9.14. The highest BCUT2D eigenvalue weighted by atomic mass is 32.1. The van der Waals surface area contributed by atoms with Crippen LogP contribution in [-0.4, -0.2) is 60.2 Å². The van der Waals surface area contributed by atoms with Crippen molar-refractivity contribution in [2.45, 2.75) is 6.92 Å². The number of hydrogen-bond donors (Lipinski definition) is 0. The van der Waals surface area contributed by atoms with Crippen LogP contribution in [0.5, 0.6) is 0 Å². The summed E-state index contributed by atoms with van der Waals surface area (Å²) in [6.07, 6.45) is 5.18. The molecule has 0 aliphatic carbocycles. The van der Waals surface area contributed by atoms with Crippen LogP contribution >= 0.6 is 11.3 Å². The van der Waals surface area contributed by atoms with Gasteiger partial charge in [-0.25, -0.2) is 19.9 Å². The minimum absolute atomic E-state index is 0.897. The van der Waals surface area contributed by atoms with Gasteiger partial charge in [-0.2, -0.15) is 0 Å².